The number of rotatable bonds is 4. The van der Waals surface area contributed by atoms with Gasteiger partial charge in [-0.05, 0) is 44.1 Å². The average Bonchev–Trinajstić information content (AvgIpc) is 2.93. The molecule has 0 N–H and O–H groups in total. The molecule has 1 aromatic carbocycles. The Morgan fingerprint density at radius 2 is 2.11 bits per heavy atom. The molecule has 4 heteroatoms. The zero-order valence-corrected chi connectivity index (χ0v) is 11.8. The summed E-state index contributed by atoms with van der Waals surface area (Å²) in [5, 5.41) is 0. The molecule has 3 rings (SSSR count). The first-order valence-corrected chi connectivity index (χ1v) is 7.80. The summed E-state index contributed by atoms with van der Waals surface area (Å²) in [7, 11) is 0. The second kappa shape index (κ2) is 5.80. The van der Waals surface area contributed by atoms with Crippen LogP contribution in [0.15, 0.2) is 23.7 Å². The van der Waals surface area contributed by atoms with Crippen molar-refractivity contribution in [2.24, 2.45) is 0 Å². The molecule has 0 amide bonds. The number of carbonyl (C=O) groups is 1. The van der Waals surface area contributed by atoms with Crippen LogP contribution in [0.4, 0.5) is 0 Å². The highest BCUT2D eigenvalue weighted by Crippen LogP contribution is 2.20. The van der Waals surface area contributed by atoms with Crippen LogP contribution in [0.2, 0.25) is 0 Å². The third-order valence-corrected chi connectivity index (χ3v) is 4.57. The van der Waals surface area contributed by atoms with Crippen LogP contribution in [-0.2, 0) is 0 Å². The molecule has 0 unspecified atom stereocenters. The highest BCUT2D eigenvalue weighted by atomic mass is 32.1. The molecule has 1 saturated heterocycles. The van der Waals surface area contributed by atoms with Crippen LogP contribution in [0.5, 0.6) is 0 Å². The number of thiazole rings is 1. The second-order valence-corrected chi connectivity index (χ2v) is 6.00. The fraction of sp³-hybridized carbons (Fsp3) is 0.467. The lowest BCUT2D eigenvalue weighted by atomic mass is 10.1. The van der Waals surface area contributed by atoms with Gasteiger partial charge in [0.05, 0.1) is 15.7 Å². The summed E-state index contributed by atoms with van der Waals surface area (Å²) in [6, 6.07) is 5.85. The third-order valence-electron chi connectivity index (χ3n) is 3.76. The third kappa shape index (κ3) is 3.01. The minimum Gasteiger partial charge on any atom is -0.303 e. The summed E-state index contributed by atoms with van der Waals surface area (Å²) >= 11 is 1.61. The fourth-order valence-corrected chi connectivity index (χ4v) is 3.28. The Balaban J connectivity index is 1.62. The van der Waals surface area contributed by atoms with Gasteiger partial charge in [0, 0.05) is 18.5 Å². The molecule has 0 atom stereocenters. The first kappa shape index (κ1) is 12.8. The second-order valence-electron chi connectivity index (χ2n) is 5.11. The Labute approximate surface area is 117 Å². The monoisotopic (exact) mass is 274 g/mol. The fourth-order valence-electron chi connectivity index (χ4n) is 2.62. The lowest BCUT2D eigenvalue weighted by Crippen LogP contribution is -2.31. The number of fused-ring (bicyclic) bond motifs is 1. The van der Waals surface area contributed by atoms with Gasteiger partial charge in [-0.3, -0.25) is 4.79 Å². The number of likely N-dealkylation sites (tertiary alicyclic amines) is 1. The summed E-state index contributed by atoms with van der Waals surface area (Å²) in [6.07, 6.45) is 4.51. The van der Waals surface area contributed by atoms with Gasteiger partial charge >= 0.3 is 0 Å². The van der Waals surface area contributed by atoms with Crippen molar-refractivity contribution in [1.29, 1.82) is 0 Å². The zero-order chi connectivity index (χ0) is 13.1. The van der Waals surface area contributed by atoms with E-state index in [1.54, 1.807) is 11.3 Å². The number of aromatic nitrogens is 1. The van der Waals surface area contributed by atoms with E-state index in [-0.39, 0.29) is 5.78 Å². The highest BCUT2D eigenvalue weighted by Gasteiger charge is 2.13. The number of benzene rings is 1. The Morgan fingerprint density at radius 1 is 1.26 bits per heavy atom. The molecular weight excluding hydrogens is 256 g/mol. The topological polar surface area (TPSA) is 33.2 Å². The van der Waals surface area contributed by atoms with Crippen molar-refractivity contribution < 1.29 is 4.79 Å². The SMILES string of the molecule is O=C(CCN1CCCCC1)c1ccc2scnc2c1. The highest BCUT2D eigenvalue weighted by molar-refractivity contribution is 7.16. The molecule has 2 aromatic rings. The van der Waals surface area contributed by atoms with Crippen molar-refractivity contribution in [2.45, 2.75) is 25.7 Å². The Morgan fingerprint density at radius 3 is 2.95 bits per heavy atom. The lowest BCUT2D eigenvalue weighted by Gasteiger charge is -2.25. The molecule has 3 nitrogen and oxygen atoms in total. The number of hydrogen-bond donors (Lipinski definition) is 0. The van der Waals surface area contributed by atoms with Crippen molar-refractivity contribution >= 4 is 27.3 Å². The number of nitrogens with zero attached hydrogens (tertiary/aromatic N) is 2. The quantitative estimate of drug-likeness (QED) is 0.802. The van der Waals surface area contributed by atoms with Crippen molar-refractivity contribution in [3.63, 3.8) is 0 Å². The molecule has 2 heterocycles. The molecule has 0 bridgehead atoms. The molecule has 0 radical (unpaired) electrons. The summed E-state index contributed by atoms with van der Waals surface area (Å²) in [5.74, 6) is 0.237. The number of Topliss-reactive ketones (excluding diaryl/α,β-unsaturated/α-hetero) is 1. The van der Waals surface area contributed by atoms with Crippen LogP contribution >= 0.6 is 11.3 Å². The van der Waals surface area contributed by atoms with Gasteiger partial charge in [0.15, 0.2) is 5.78 Å². The molecule has 1 aromatic heterocycles. The maximum absolute atomic E-state index is 12.2. The van der Waals surface area contributed by atoms with E-state index in [2.05, 4.69) is 9.88 Å². The van der Waals surface area contributed by atoms with Crippen LogP contribution in [0.25, 0.3) is 10.2 Å². The predicted molar refractivity (Wildman–Crippen MR) is 78.9 cm³/mol. The van der Waals surface area contributed by atoms with E-state index in [4.69, 9.17) is 0 Å². The summed E-state index contributed by atoms with van der Waals surface area (Å²) < 4.78 is 1.15. The smallest absolute Gasteiger partial charge is 0.164 e. The molecule has 0 spiro atoms. The van der Waals surface area contributed by atoms with E-state index < -0.39 is 0 Å². The van der Waals surface area contributed by atoms with Crippen LogP contribution in [0, 0.1) is 0 Å². The van der Waals surface area contributed by atoms with Crippen molar-refractivity contribution in [2.75, 3.05) is 19.6 Å². The molecular formula is C15H18N2OS. The van der Waals surface area contributed by atoms with Crippen molar-refractivity contribution in [3.05, 3.63) is 29.3 Å². The van der Waals surface area contributed by atoms with Gasteiger partial charge < -0.3 is 4.90 Å². The largest absolute Gasteiger partial charge is 0.303 e. The average molecular weight is 274 g/mol. The molecule has 1 aliphatic heterocycles. The molecule has 100 valence electrons. The van der Waals surface area contributed by atoms with Gasteiger partial charge in [-0.15, -0.1) is 11.3 Å². The van der Waals surface area contributed by atoms with Crippen LogP contribution in [0.3, 0.4) is 0 Å². The van der Waals surface area contributed by atoms with Crippen LogP contribution in [0.1, 0.15) is 36.0 Å². The van der Waals surface area contributed by atoms with Crippen LogP contribution < -0.4 is 0 Å². The molecule has 1 aliphatic rings. The van der Waals surface area contributed by atoms with Gasteiger partial charge in [0.25, 0.3) is 0 Å². The van der Waals surface area contributed by atoms with Gasteiger partial charge in [-0.2, -0.15) is 0 Å². The first-order chi connectivity index (χ1) is 9.33. The predicted octanol–water partition coefficient (Wildman–Crippen LogP) is 3.36. The number of piperidine rings is 1. The van der Waals surface area contributed by atoms with E-state index >= 15 is 0 Å². The normalized spacial score (nSPS) is 16.8. The van der Waals surface area contributed by atoms with E-state index in [0.717, 1.165) is 35.4 Å². The zero-order valence-electron chi connectivity index (χ0n) is 11.0. The molecule has 0 aliphatic carbocycles. The number of carbonyl (C=O) groups excluding carboxylic acids is 1. The maximum atomic E-state index is 12.2. The molecule has 19 heavy (non-hydrogen) atoms. The summed E-state index contributed by atoms with van der Waals surface area (Å²) in [5.41, 5.74) is 3.57. The standard InChI is InChI=1S/C15H18N2OS/c18-14(6-9-17-7-2-1-3-8-17)12-4-5-15-13(10-12)16-11-19-15/h4-5,10-11H,1-3,6-9H2. The Hall–Kier alpha value is -1.26. The number of hydrogen-bond acceptors (Lipinski definition) is 4. The van der Waals surface area contributed by atoms with Gasteiger partial charge in [-0.1, -0.05) is 6.42 Å². The number of ketones is 1. The minimum atomic E-state index is 0.237. The van der Waals surface area contributed by atoms with E-state index in [1.165, 1.54) is 19.3 Å². The first-order valence-electron chi connectivity index (χ1n) is 6.92. The summed E-state index contributed by atoms with van der Waals surface area (Å²) in [6.45, 7) is 3.20. The maximum Gasteiger partial charge on any atom is 0.164 e. The van der Waals surface area contributed by atoms with Gasteiger partial charge in [-0.25, -0.2) is 4.98 Å². The van der Waals surface area contributed by atoms with Crippen molar-refractivity contribution in [1.82, 2.24) is 9.88 Å². The van der Waals surface area contributed by atoms with Gasteiger partial charge in [0.2, 0.25) is 0 Å². The minimum absolute atomic E-state index is 0.237. The molecule has 0 saturated carbocycles. The Kier molecular flexibility index (Phi) is 3.89. The lowest BCUT2D eigenvalue weighted by molar-refractivity contribution is 0.0959. The Bertz CT molecular complexity index is 572. The summed E-state index contributed by atoms with van der Waals surface area (Å²) in [4.78, 5) is 18.9. The van der Waals surface area contributed by atoms with Gasteiger partial charge in [0.1, 0.15) is 0 Å². The van der Waals surface area contributed by atoms with Crippen molar-refractivity contribution in [3.8, 4) is 0 Å². The van der Waals surface area contributed by atoms with E-state index in [9.17, 15) is 4.79 Å². The van der Waals surface area contributed by atoms with E-state index in [1.807, 2.05) is 23.7 Å². The van der Waals surface area contributed by atoms with E-state index in [0.29, 0.717) is 6.42 Å². The molecule has 1 fully saturated rings. The van der Waals surface area contributed by atoms with Crippen LogP contribution in [-0.4, -0.2) is 35.3 Å².